The first-order valence-electron chi connectivity index (χ1n) is 6.06. The first-order chi connectivity index (χ1) is 8.65. The second-order valence-electron chi connectivity index (χ2n) is 4.31. The maximum atomic E-state index is 5.92. The molecule has 1 saturated heterocycles. The number of aromatic nitrogens is 3. The molecule has 5 nitrogen and oxygen atoms in total. The molecule has 1 aliphatic rings. The molecule has 0 atom stereocenters. The van der Waals surface area contributed by atoms with E-state index in [1.807, 2.05) is 25.6 Å². The summed E-state index contributed by atoms with van der Waals surface area (Å²) in [5.74, 6) is 2.89. The van der Waals surface area contributed by atoms with Gasteiger partial charge in [0.05, 0.1) is 6.10 Å². The topological polar surface area (TPSA) is 51.1 Å². The molecule has 0 saturated carbocycles. The van der Waals surface area contributed by atoms with Gasteiger partial charge in [-0.15, -0.1) is 0 Å². The van der Waals surface area contributed by atoms with Crippen LogP contribution in [0.3, 0.4) is 0 Å². The van der Waals surface area contributed by atoms with Gasteiger partial charge in [0.2, 0.25) is 11.2 Å². The SMILES string of the molecule is CC(C)Oc1nc(Cl)nc(N2CCCSCC2)n1. The molecular formula is C11H17ClN4OS. The van der Waals surface area contributed by atoms with E-state index in [-0.39, 0.29) is 11.4 Å². The molecule has 18 heavy (non-hydrogen) atoms. The Labute approximate surface area is 116 Å². The van der Waals surface area contributed by atoms with E-state index >= 15 is 0 Å². The summed E-state index contributed by atoms with van der Waals surface area (Å²) in [5.41, 5.74) is 0. The molecule has 2 rings (SSSR count). The standard InChI is InChI=1S/C11H17ClN4OS/c1-8(2)17-11-14-9(12)13-10(15-11)16-4-3-6-18-7-5-16/h8H,3-7H2,1-2H3. The zero-order chi connectivity index (χ0) is 13.0. The van der Waals surface area contributed by atoms with Gasteiger partial charge in [0.15, 0.2) is 0 Å². The van der Waals surface area contributed by atoms with Gasteiger partial charge in [-0.05, 0) is 37.6 Å². The van der Waals surface area contributed by atoms with E-state index in [0.717, 1.165) is 25.3 Å². The molecule has 1 aromatic heterocycles. The number of ether oxygens (including phenoxy) is 1. The molecule has 1 fully saturated rings. The molecule has 0 amide bonds. The average molecular weight is 289 g/mol. The van der Waals surface area contributed by atoms with Crippen LogP contribution in [0, 0.1) is 0 Å². The van der Waals surface area contributed by atoms with Gasteiger partial charge in [-0.25, -0.2) is 0 Å². The molecule has 100 valence electrons. The highest BCUT2D eigenvalue weighted by atomic mass is 35.5. The van der Waals surface area contributed by atoms with E-state index in [1.54, 1.807) is 0 Å². The van der Waals surface area contributed by atoms with Crippen molar-refractivity contribution in [3.8, 4) is 6.01 Å². The van der Waals surface area contributed by atoms with Crippen LogP contribution in [-0.2, 0) is 0 Å². The predicted octanol–water partition coefficient (Wildman–Crippen LogP) is 2.26. The fourth-order valence-corrected chi connectivity index (χ4v) is 2.71. The van der Waals surface area contributed by atoms with Crippen LogP contribution >= 0.6 is 23.4 Å². The van der Waals surface area contributed by atoms with Crippen molar-refractivity contribution in [3.05, 3.63) is 5.28 Å². The summed E-state index contributed by atoms with van der Waals surface area (Å²) >= 11 is 7.88. The smallest absolute Gasteiger partial charge is 0.322 e. The van der Waals surface area contributed by atoms with Crippen molar-refractivity contribution in [1.29, 1.82) is 0 Å². The number of thioether (sulfide) groups is 1. The molecule has 1 aromatic rings. The first-order valence-corrected chi connectivity index (χ1v) is 7.59. The minimum Gasteiger partial charge on any atom is -0.461 e. The molecule has 0 bridgehead atoms. The molecule has 7 heteroatoms. The summed E-state index contributed by atoms with van der Waals surface area (Å²) in [6.45, 7) is 5.75. The second-order valence-corrected chi connectivity index (χ2v) is 5.87. The summed E-state index contributed by atoms with van der Waals surface area (Å²) in [4.78, 5) is 14.6. The van der Waals surface area contributed by atoms with Gasteiger partial charge in [-0.2, -0.15) is 26.7 Å². The maximum Gasteiger partial charge on any atom is 0.322 e. The van der Waals surface area contributed by atoms with Gasteiger partial charge in [-0.1, -0.05) is 0 Å². The number of hydrogen-bond acceptors (Lipinski definition) is 6. The van der Waals surface area contributed by atoms with Crippen molar-refractivity contribution in [2.45, 2.75) is 26.4 Å². The summed E-state index contributed by atoms with van der Waals surface area (Å²) in [7, 11) is 0. The van der Waals surface area contributed by atoms with Crippen LogP contribution in [0.5, 0.6) is 6.01 Å². The molecule has 1 aliphatic heterocycles. The van der Waals surface area contributed by atoms with Crippen molar-refractivity contribution in [2.75, 3.05) is 29.5 Å². The van der Waals surface area contributed by atoms with Crippen molar-refractivity contribution < 1.29 is 4.74 Å². The lowest BCUT2D eigenvalue weighted by Crippen LogP contribution is -2.28. The Balaban J connectivity index is 2.17. The van der Waals surface area contributed by atoms with Crippen LogP contribution in [0.25, 0.3) is 0 Å². The van der Waals surface area contributed by atoms with Crippen molar-refractivity contribution >= 4 is 29.3 Å². The van der Waals surface area contributed by atoms with Crippen molar-refractivity contribution in [1.82, 2.24) is 15.0 Å². The fourth-order valence-electron chi connectivity index (χ4n) is 1.67. The minimum absolute atomic E-state index is 0.0241. The Bertz CT molecular complexity index is 397. The normalized spacial score (nSPS) is 16.8. The Morgan fingerprint density at radius 3 is 2.83 bits per heavy atom. The van der Waals surface area contributed by atoms with Crippen LogP contribution in [0.2, 0.25) is 5.28 Å². The van der Waals surface area contributed by atoms with E-state index in [1.165, 1.54) is 5.75 Å². The van der Waals surface area contributed by atoms with Gasteiger partial charge in [0.1, 0.15) is 0 Å². The highest BCUT2D eigenvalue weighted by Gasteiger charge is 2.16. The highest BCUT2D eigenvalue weighted by Crippen LogP contribution is 2.19. The highest BCUT2D eigenvalue weighted by molar-refractivity contribution is 7.99. The lowest BCUT2D eigenvalue weighted by atomic mass is 10.4. The Morgan fingerprint density at radius 1 is 1.22 bits per heavy atom. The number of anilines is 1. The van der Waals surface area contributed by atoms with E-state index in [9.17, 15) is 0 Å². The molecule has 0 spiro atoms. The Morgan fingerprint density at radius 2 is 2.06 bits per heavy atom. The van der Waals surface area contributed by atoms with Crippen LogP contribution in [0.15, 0.2) is 0 Å². The van der Waals surface area contributed by atoms with E-state index < -0.39 is 0 Å². The van der Waals surface area contributed by atoms with Crippen LogP contribution in [0.1, 0.15) is 20.3 Å². The molecule has 0 radical (unpaired) electrons. The molecular weight excluding hydrogens is 272 g/mol. The summed E-state index contributed by atoms with van der Waals surface area (Å²) in [5, 5.41) is 0.188. The third-order valence-corrected chi connectivity index (χ3v) is 3.64. The molecule has 0 aromatic carbocycles. The van der Waals surface area contributed by atoms with E-state index in [2.05, 4.69) is 19.9 Å². The van der Waals surface area contributed by atoms with Gasteiger partial charge in [-0.3, -0.25) is 0 Å². The third-order valence-electron chi connectivity index (χ3n) is 2.42. The van der Waals surface area contributed by atoms with Crippen molar-refractivity contribution in [2.24, 2.45) is 0 Å². The number of halogens is 1. The molecule has 0 aliphatic carbocycles. The lowest BCUT2D eigenvalue weighted by Gasteiger charge is -2.20. The molecule has 0 N–H and O–H groups in total. The largest absolute Gasteiger partial charge is 0.461 e. The number of nitrogens with zero attached hydrogens (tertiary/aromatic N) is 4. The monoisotopic (exact) mass is 288 g/mol. The minimum atomic E-state index is 0.0241. The van der Waals surface area contributed by atoms with Crippen molar-refractivity contribution in [3.63, 3.8) is 0 Å². The van der Waals surface area contributed by atoms with Crippen LogP contribution in [0.4, 0.5) is 5.95 Å². The van der Waals surface area contributed by atoms with E-state index in [0.29, 0.717) is 12.0 Å². The Hall–Kier alpha value is -0.750. The fraction of sp³-hybridized carbons (Fsp3) is 0.727. The zero-order valence-electron chi connectivity index (χ0n) is 10.6. The third kappa shape index (κ3) is 3.88. The maximum absolute atomic E-state index is 5.92. The first kappa shape index (κ1) is 13.7. The number of rotatable bonds is 3. The van der Waals surface area contributed by atoms with Crippen LogP contribution < -0.4 is 9.64 Å². The average Bonchev–Trinajstić information content (AvgIpc) is 2.55. The Kier molecular flexibility index (Phi) is 4.88. The quantitative estimate of drug-likeness (QED) is 0.850. The summed E-state index contributed by atoms with van der Waals surface area (Å²) in [6, 6.07) is 0.303. The summed E-state index contributed by atoms with van der Waals surface area (Å²) < 4.78 is 5.48. The lowest BCUT2D eigenvalue weighted by molar-refractivity contribution is 0.221. The predicted molar refractivity (Wildman–Crippen MR) is 74.8 cm³/mol. The summed E-state index contributed by atoms with van der Waals surface area (Å²) in [6.07, 6.45) is 1.16. The second kappa shape index (κ2) is 6.43. The number of hydrogen-bond donors (Lipinski definition) is 0. The van der Waals surface area contributed by atoms with Crippen LogP contribution in [-0.4, -0.2) is 45.7 Å². The zero-order valence-corrected chi connectivity index (χ0v) is 12.2. The van der Waals surface area contributed by atoms with Gasteiger partial charge in [0, 0.05) is 18.8 Å². The van der Waals surface area contributed by atoms with Gasteiger partial charge < -0.3 is 9.64 Å². The van der Waals surface area contributed by atoms with E-state index in [4.69, 9.17) is 16.3 Å². The van der Waals surface area contributed by atoms with Gasteiger partial charge >= 0.3 is 6.01 Å². The molecule has 2 heterocycles. The molecule has 0 unspecified atom stereocenters. The van der Waals surface area contributed by atoms with Gasteiger partial charge in [0.25, 0.3) is 0 Å².